The summed E-state index contributed by atoms with van der Waals surface area (Å²) in [4.78, 5) is 4.28. The van der Waals surface area contributed by atoms with Crippen LogP contribution in [0.15, 0.2) is 0 Å². The average Bonchev–Trinajstić information content (AvgIpc) is 2.50. The van der Waals surface area contributed by atoms with E-state index in [9.17, 15) is 0 Å². The molecule has 1 heterocycles. The first-order valence-electron chi connectivity index (χ1n) is 4.13. The summed E-state index contributed by atoms with van der Waals surface area (Å²) in [6.07, 6.45) is 2.05. The van der Waals surface area contributed by atoms with Crippen molar-refractivity contribution < 1.29 is 0 Å². The van der Waals surface area contributed by atoms with E-state index >= 15 is 0 Å². The highest BCUT2D eigenvalue weighted by atomic mass is 32.1. The molecule has 12 heavy (non-hydrogen) atoms. The highest BCUT2D eigenvalue weighted by Gasteiger charge is 2.00. The summed E-state index contributed by atoms with van der Waals surface area (Å²) in [5, 5.41) is 3.97. The van der Waals surface area contributed by atoms with Gasteiger partial charge >= 0.3 is 0 Å². The third kappa shape index (κ3) is 2.75. The van der Waals surface area contributed by atoms with Gasteiger partial charge in [0, 0.05) is 31.0 Å². The standard InChI is InChI=1S/C7H14N4S/c1-2-3-6-10-7(12-11-6)9-5-4-8/h2-5,8H2,1H3,(H,9,10,11). The van der Waals surface area contributed by atoms with E-state index in [-0.39, 0.29) is 0 Å². The van der Waals surface area contributed by atoms with Crippen LogP contribution in [0.25, 0.3) is 0 Å². The number of aromatic nitrogens is 2. The number of hydrogen-bond donors (Lipinski definition) is 2. The van der Waals surface area contributed by atoms with Crippen LogP contribution >= 0.6 is 11.5 Å². The van der Waals surface area contributed by atoms with Crippen molar-refractivity contribution in [3.05, 3.63) is 5.82 Å². The molecule has 0 aliphatic rings. The molecule has 1 aromatic rings. The van der Waals surface area contributed by atoms with Crippen molar-refractivity contribution in [2.45, 2.75) is 19.8 Å². The molecule has 0 radical (unpaired) electrons. The lowest BCUT2D eigenvalue weighted by Crippen LogP contribution is -2.12. The molecule has 0 saturated heterocycles. The molecular weight excluding hydrogens is 172 g/mol. The van der Waals surface area contributed by atoms with E-state index in [0.29, 0.717) is 6.54 Å². The zero-order valence-corrected chi connectivity index (χ0v) is 8.02. The van der Waals surface area contributed by atoms with E-state index in [4.69, 9.17) is 5.73 Å². The van der Waals surface area contributed by atoms with Gasteiger partial charge in [-0.2, -0.15) is 4.37 Å². The first-order chi connectivity index (χ1) is 5.86. The molecule has 0 fully saturated rings. The Morgan fingerprint density at radius 2 is 2.42 bits per heavy atom. The van der Waals surface area contributed by atoms with E-state index in [0.717, 1.165) is 30.3 Å². The Labute approximate surface area is 76.4 Å². The molecule has 0 aromatic carbocycles. The molecule has 1 rings (SSSR count). The minimum Gasteiger partial charge on any atom is -0.359 e. The summed E-state index contributed by atoms with van der Waals surface area (Å²) in [6.45, 7) is 3.51. The van der Waals surface area contributed by atoms with Crippen LogP contribution in [0.5, 0.6) is 0 Å². The van der Waals surface area contributed by atoms with Crippen LogP contribution < -0.4 is 11.1 Å². The first kappa shape index (κ1) is 9.41. The maximum atomic E-state index is 5.34. The van der Waals surface area contributed by atoms with Gasteiger partial charge < -0.3 is 11.1 Å². The molecule has 5 heteroatoms. The zero-order chi connectivity index (χ0) is 8.81. The number of anilines is 1. The van der Waals surface area contributed by atoms with Gasteiger partial charge in [0.05, 0.1) is 0 Å². The molecular formula is C7H14N4S. The Kier molecular flexibility index (Phi) is 3.96. The minimum atomic E-state index is 0.628. The van der Waals surface area contributed by atoms with E-state index in [2.05, 4.69) is 21.6 Å². The molecule has 0 aliphatic heterocycles. The average molecular weight is 186 g/mol. The third-order valence-electron chi connectivity index (χ3n) is 1.36. The SMILES string of the molecule is CCCc1nsc(NCCN)n1. The molecule has 0 spiro atoms. The molecule has 0 atom stereocenters. The van der Waals surface area contributed by atoms with Crippen molar-refractivity contribution in [1.29, 1.82) is 0 Å². The van der Waals surface area contributed by atoms with E-state index < -0.39 is 0 Å². The highest BCUT2D eigenvalue weighted by molar-refractivity contribution is 7.09. The van der Waals surface area contributed by atoms with Gasteiger partial charge in [-0.3, -0.25) is 0 Å². The number of nitrogens with zero attached hydrogens (tertiary/aromatic N) is 2. The van der Waals surface area contributed by atoms with Crippen LogP contribution in [-0.2, 0) is 6.42 Å². The Morgan fingerprint density at radius 3 is 3.08 bits per heavy atom. The predicted octanol–water partition coefficient (Wildman–Crippen LogP) is 0.861. The van der Waals surface area contributed by atoms with Crippen molar-refractivity contribution in [1.82, 2.24) is 9.36 Å². The number of rotatable bonds is 5. The van der Waals surface area contributed by atoms with E-state index in [1.54, 1.807) is 0 Å². The van der Waals surface area contributed by atoms with Crippen LogP contribution in [0, 0.1) is 0 Å². The molecule has 0 unspecified atom stereocenters. The van der Waals surface area contributed by atoms with Crippen molar-refractivity contribution in [3.63, 3.8) is 0 Å². The second-order valence-corrected chi connectivity index (χ2v) is 3.23. The van der Waals surface area contributed by atoms with Gasteiger partial charge in [0.2, 0.25) is 5.13 Å². The number of aryl methyl sites for hydroxylation is 1. The van der Waals surface area contributed by atoms with Gasteiger partial charge in [0.15, 0.2) is 0 Å². The van der Waals surface area contributed by atoms with Crippen molar-refractivity contribution in [3.8, 4) is 0 Å². The maximum absolute atomic E-state index is 5.34. The number of nitrogens with one attached hydrogen (secondary N) is 1. The Morgan fingerprint density at radius 1 is 1.58 bits per heavy atom. The summed E-state index contributed by atoms with van der Waals surface area (Å²) < 4.78 is 4.19. The van der Waals surface area contributed by atoms with Crippen molar-refractivity contribution in [2.24, 2.45) is 5.73 Å². The van der Waals surface area contributed by atoms with Gasteiger partial charge in [0.1, 0.15) is 5.82 Å². The van der Waals surface area contributed by atoms with Gasteiger partial charge in [-0.25, -0.2) is 4.98 Å². The molecule has 3 N–H and O–H groups in total. The normalized spacial score (nSPS) is 10.2. The summed E-state index contributed by atoms with van der Waals surface area (Å²) in [5.41, 5.74) is 5.34. The van der Waals surface area contributed by atoms with E-state index in [1.807, 2.05) is 0 Å². The molecule has 0 aliphatic carbocycles. The fraction of sp³-hybridized carbons (Fsp3) is 0.714. The first-order valence-corrected chi connectivity index (χ1v) is 4.90. The van der Waals surface area contributed by atoms with Gasteiger partial charge in [-0.05, 0) is 6.42 Å². The smallest absolute Gasteiger partial charge is 0.202 e. The van der Waals surface area contributed by atoms with Crippen LogP contribution in [-0.4, -0.2) is 22.4 Å². The zero-order valence-electron chi connectivity index (χ0n) is 7.21. The van der Waals surface area contributed by atoms with Gasteiger partial charge in [-0.15, -0.1) is 0 Å². The van der Waals surface area contributed by atoms with E-state index in [1.165, 1.54) is 11.5 Å². The van der Waals surface area contributed by atoms with Crippen LogP contribution in [0.1, 0.15) is 19.2 Å². The molecule has 0 amide bonds. The topological polar surface area (TPSA) is 63.8 Å². The maximum Gasteiger partial charge on any atom is 0.202 e. The van der Waals surface area contributed by atoms with Gasteiger partial charge in [0.25, 0.3) is 0 Å². The lowest BCUT2D eigenvalue weighted by atomic mass is 10.3. The lowest BCUT2D eigenvalue weighted by Gasteiger charge is -1.95. The lowest BCUT2D eigenvalue weighted by molar-refractivity contribution is 0.860. The molecule has 4 nitrogen and oxygen atoms in total. The highest BCUT2D eigenvalue weighted by Crippen LogP contribution is 2.10. The largest absolute Gasteiger partial charge is 0.359 e. The summed E-state index contributed by atoms with van der Waals surface area (Å²) in [6, 6.07) is 0. The van der Waals surface area contributed by atoms with Gasteiger partial charge in [-0.1, -0.05) is 6.92 Å². The molecule has 1 aromatic heterocycles. The minimum absolute atomic E-state index is 0.628. The molecule has 0 bridgehead atoms. The third-order valence-corrected chi connectivity index (χ3v) is 2.07. The van der Waals surface area contributed by atoms with Crippen molar-refractivity contribution >= 4 is 16.7 Å². The summed E-state index contributed by atoms with van der Waals surface area (Å²) >= 11 is 1.40. The fourth-order valence-corrected chi connectivity index (χ4v) is 1.47. The van der Waals surface area contributed by atoms with Crippen LogP contribution in [0.2, 0.25) is 0 Å². The predicted molar refractivity (Wildman–Crippen MR) is 51.4 cm³/mol. The number of hydrogen-bond acceptors (Lipinski definition) is 5. The second kappa shape index (κ2) is 5.05. The van der Waals surface area contributed by atoms with Crippen LogP contribution in [0.4, 0.5) is 5.13 Å². The second-order valence-electron chi connectivity index (χ2n) is 2.48. The molecule has 0 saturated carbocycles. The Hall–Kier alpha value is -0.680. The summed E-state index contributed by atoms with van der Waals surface area (Å²) in [5.74, 6) is 0.932. The van der Waals surface area contributed by atoms with Crippen LogP contribution in [0.3, 0.4) is 0 Å². The monoisotopic (exact) mass is 186 g/mol. The fourth-order valence-electron chi connectivity index (χ4n) is 0.830. The van der Waals surface area contributed by atoms with Crippen molar-refractivity contribution in [2.75, 3.05) is 18.4 Å². The quantitative estimate of drug-likeness (QED) is 0.716. The molecule has 68 valence electrons. The Balaban J connectivity index is 2.41. The number of nitrogens with two attached hydrogens (primary N) is 1. The Bertz CT molecular complexity index is 223. The summed E-state index contributed by atoms with van der Waals surface area (Å²) in [7, 11) is 0.